The van der Waals surface area contributed by atoms with Crippen LogP contribution in [0.2, 0.25) is 0 Å². The minimum Gasteiger partial charge on any atom is -0.444 e. The summed E-state index contributed by atoms with van der Waals surface area (Å²) in [7, 11) is 1.80. The molecule has 0 radical (unpaired) electrons. The molecule has 0 aliphatic carbocycles. The first-order chi connectivity index (χ1) is 15.2. The van der Waals surface area contributed by atoms with Crippen LogP contribution >= 0.6 is 0 Å². The van der Waals surface area contributed by atoms with E-state index >= 15 is 0 Å². The number of carbonyl (C=O) groups excluding carboxylic acids is 1. The van der Waals surface area contributed by atoms with E-state index in [1.165, 1.54) is 5.56 Å². The highest BCUT2D eigenvalue weighted by Gasteiger charge is 2.27. The van der Waals surface area contributed by atoms with Crippen LogP contribution in [-0.4, -0.2) is 65.1 Å². The third-order valence-corrected chi connectivity index (χ3v) is 5.35. The van der Waals surface area contributed by atoms with Gasteiger partial charge in [0.1, 0.15) is 5.60 Å². The molecule has 0 spiro atoms. The van der Waals surface area contributed by atoms with E-state index in [1.54, 1.807) is 7.05 Å². The molecular formula is C24H36N6O2. The van der Waals surface area contributed by atoms with Gasteiger partial charge in [0.2, 0.25) is 0 Å². The number of nitrogens with one attached hydrogen (secondary N) is 2. The number of carbonyl (C=O) groups is 1. The Hall–Kier alpha value is -3.03. The van der Waals surface area contributed by atoms with Crippen molar-refractivity contribution in [3.8, 4) is 5.69 Å². The van der Waals surface area contributed by atoms with Gasteiger partial charge < -0.3 is 20.3 Å². The average molecular weight is 441 g/mol. The topological polar surface area (TPSA) is 83.8 Å². The number of nitrogens with zero attached hydrogens (tertiary/aromatic N) is 4. The summed E-state index contributed by atoms with van der Waals surface area (Å²) in [5.41, 5.74) is 2.90. The largest absolute Gasteiger partial charge is 0.444 e. The Kier molecular flexibility index (Phi) is 7.77. The Balaban J connectivity index is 1.43. The van der Waals surface area contributed by atoms with Crippen LogP contribution in [0.3, 0.4) is 0 Å². The fourth-order valence-electron chi connectivity index (χ4n) is 3.81. The van der Waals surface area contributed by atoms with Gasteiger partial charge in [-0.1, -0.05) is 18.2 Å². The number of rotatable bonds is 6. The lowest BCUT2D eigenvalue weighted by Gasteiger charge is -2.23. The molecule has 3 rings (SSSR count). The number of likely N-dealkylation sites (tertiary alicyclic amines) is 1. The Labute approximate surface area is 191 Å². The monoisotopic (exact) mass is 440 g/mol. The molecule has 8 nitrogen and oxygen atoms in total. The van der Waals surface area contributed by atoms with E-state index in [1.807, 2.05) is 43.7 Å². The van der Waals surface area contributed by atoms with E-state index in [4.69, 9.17) is 4.74 Å². The highest BCUT2D eigenvalue weighted by Crippen LogP contribution is 2.14. The van der Waals surface area contributed by atoms with Gasteiger partial charge in [0, 0.05) is 32.9 Å². The lowest BCUT2D eigenvalue weighted by atomic mass is 10.1. The smallest absolute Gasteiger partial charge is 0.407 e. The number of aromatic nitrogens is 2. The van der Waals surface area contributed by atoms with E-state index in [-0.39, 0.29) is 12.1 Å². The lowest BCUT2D eigenvalue weighted by molar-refractivity contribution is 0.0507. The normalized spacial score (nSPS) is 16.8. The SMILES string of the molecule is CN=C(NCCCc1cn(-c2ccccc2)nc1C)N1CCC(NC(=O)OC(C)(C)C)C1. The van der Waals surface area contributed by atoms with Gasteiger partial charge in [-0.15, -0.1) is 0 Å². The van der Waals surface area contributed by atoms with E-state index in [0.717, 1.165) is 56.2 Å². The lowest BCUT2D eigenvalue weighted by Crippen LogP contribution is -2.44. The molecule has 1 fully saturated rings. The number of aryl methyl sites for hydroxylation is 2. The Morgan fingerprint density at radius 1 is 1.28 bits per heavy atom. The molecule has 2 heterocycles. The van der Waals surface area contributed by atoms with Crippen LogP contribution in [0, 0.1) is 6.92 Å². The van der Waals surface area contributed by atoms with Crippen molar-refractivity contribution in [2.45, 2.75) is 58.6 Å². The Bertz CT molecular complexity index is 916. The Morgan fingerprint density at radius 2 is 2.03 bits per heavy atom. The number of aliphatic imine (C=N–C) groups is 1. The summed E-state index contributed by atoms with van der Waals surface area (Å²) in [4.78, 5) is 18.6. The van der Waals surface area contributed by atoms with Gasteiger partial charge in [0.25, 0.3) is 0 Å². The van der Waals surface area contributed by atoms with Crippen LogP contribution in [-0.2, 0) is 11.2 Å². The summed E-state index contributed by atoms with van der Waals surface area (Å²) in [6.45, 7) is 10.1. The van der Waals surface area contributed by atoms with Gasteiger partial charge in [-0.05, 0) is 64.7 Å². The summed E-state index contributed by atoms with van der Waals surface area (Å²) in [6, 6.07) is 10.2. The molecule has 1 saturated heterocycles. The number of amides is 1. The number of para-hydroxylation sites is 1. The molecule has 1 amide bonds. The summed E-state index contributed by atoms with van der Waals surface area (Å²) >= 11 is 0. The summed E-state index contributed by atoms with van der Waals surface area (Å²) in [5.74, 6) is 0.871. The molecule has 0 saturated carbocycles. The zero-order valence-electron chi connectivity index (χ0n) is 19.9. The summed E-state index contributed by atoms with van der Waals surface area (Å²) in [6.07, 6.45) is 4.56. The summed E-state index contributed by atoms with van der Waals surface area (Å²) < 4.78 is 7.30. The van der Waals surface area contributed by atoms with E-state index in [9.17, 15) is 4.79 Å². The second-order valence-electron chi connectivity index (χ2n) is 9.18. The minimum absolute atomic E-state index is 0.0647. The molecule has 32 heavy (non-hydrogen) atoms. The van der Waals surface area contributed by atoms with Crippen LogP contribution in [0.25, 0.3) is 5.69 Å². The number of hydrogen-bond acceptors (Lipinski definition) is 4. The highest BCUT2D eigenvalue weighted by atomic mass is 16.6. The maximum Gasteiger partial charge on any atom is 0.407 e. The van der Waals surface area contributed by atoms with Gasteiger partial charge in [0.15, 0.2) is 5.96 Å². The predicted octanol–water partition coefficient (Wildman–Crippen LogP) is 3.29. The molecule has 8 heteroatoms. The molecule has 1 aromatic carbocycles. The first-order valence-electron chi connectivity index (χ1n) is 11.3. The molecule has 1 atom stereocenters. The van der Waals surface area contributed by atoms with Crippen molar-refractivity contribution < 1.29 is 9.53 Å². The number of alkyl carbamates (subject to hydrolysis) is 1. The first kappa shape index (κ1) is 23.6. The molecule has 2 N–H and O–H groups in total. The molecule has 1 aromatic heterocycles. The van der Waals surface area contributed by atoms with E-state index < -0.39 is 5.60 Å². The van der Waals surface area contributed by atoms with Crippen molar-refractivity contribution in [3.63, 3.8) is 0 Å². The first-order valence-corrected chi connectivity index (χ1v) is 11.3. The predicted molar refractivity (Wildman–Crippen MR) is 127 cm³/mol. The number of hydrogen-bond donors (Lipinski definition) is 2. The zero-order valence-corrected chi connectivity index (χ0v) is 19.9. The number of ether oxygens (including phenoxy) is 1. The van der Waals surface area contributed by atoms with Gasteiger partial charge >= 0.3 is 6.09 Å². The van der Waals surface area contributed by atoms with Crippen LogP contribution in [0.4, 0.5) is 4.79 Å². The van der Waals surface area contributed by atoms with Crippen molar-refractivity contribution in [3.05, 3.63) is 47.8 Å². The average Bonchev–Trinajstić information content (AvgIpc) is 3.34. The maximum atomic E-state index is 12.0. The van der Waals surface area contributed by atoms with E-state index in [2.05, 4.69) is 50.9 Å². The van der Waals surface area contributed by atoms with Crippen LogP contribution in [0.5, 0.6) is 0 Å². The molecule has 174 valence electrons. The quantitative estimate of drug-likeness (QED) is 0.409. The summed E-state index contributed by atoms with van der Waals surface area (Å²) in [5, 5.41) is 11.1. The van der Waals surface area contributed by atoms with Gasteiger partial charge in [-0.3, -0.25) is 4.99 Å². The van der Waals surface area contributed by atoms with Crippen LogP contribution in [0.15, 0.2) is 41.5 Å². The molecular weight excluding hydrogens is 404 g/mol. The molecule has 0 bridgehead atoms. The molecule has 2 aromatic rings. The van der Waals surface area contributed by atoms with Crippen molar-refractivity contribution in [2.24, 2.45) is 4.99 Å². The molecule has 1 aliphatic rings. The van der Waals surface area contributed by atoms with Crippen LogP contribution in [0.1, 0.15) is 44.9 Å². The zero-order chi connectivity index (χ0) is 23.1. The van der Waals surface area contributed by atoms with Crippen molar-refractivity contribution in [1.82, 2.24) is 25.3 Å². The van der Waals surface area contributed by atoms with Crippen LogP contribution < -0.4 is 10.6 Å². The second-order valence-corrected chi connectivity index (χ2v) is 9.18. The van der Waals surface area contributed by atoms with Crippen molar-refractivity contribution in [2.75, 3.05) is 26.7 Å². The molecule has 1 unspecified atom stereocenters. The van der Waals surface area contributed by atoms with Crippen molar-refractivity contribution >= 4 is 12.1 Å². The Morgan fingerprint density at radius 3 is 2.72 bits per heavy atom. The fraction of sp³-hybridized carbons (Fsp3) is 0.542. The highest BCUT2D eigenvalue weighted by molar-refractivity contribution is 5.80. The minimum atomic E-state index is -0.490. The second kappa shape index (κ2) is 10.5. The number of guanidine groups is 1. The van der Waals surface area contributed by atoms with Gasteiger partial charge in [-0.2, -0.15) is 5.10 Å². The van der Waals surface area contributed by atoms with Gasteiger partial charge in [0.05, 0.1) is 17.4 Å². The van der Waals surface area contributed by atoms with Crippen molar-refractivity contribution in [1.29, 1.82) is 0 Å². The van der Waals surface area contributed by atoms with Gasteiger partial charge in [-0.25, -0.2) is 9.48 Å². The third-order valence-electron chi connectivity index (χ3n) is 5.35. The fourth-order valence-corrected chi connectivity index (χ4v) is 3.81. The standard InChI is InChI=1S/C24H36N6O2/c1-18-19(16-30(28-18)21-11-7-6-8-12-21)10-9-14-26-22(25-5)29-15-13-20(17-29)27-23(31)32-24(2,3)4/h6-8,11-12,16,20H,9-10,13-15,17H2,1-5H3,(H,25,26)(H,27,31). The van der Waals surface area contributed by atoms with E-state index in [0.29, 0.717) is 0 Å². The number of benzene rings is 1. The maximum absolute atomic E-state index is 12.0. The third kappa shape index (κ3) is 6.73. The molecule has 1 aliphatic heterocycles.